The third-order valence-corrected chi connectivity index (χ3v) is 5.20. The topological polar surface area (TPSA) is 99.2 Å². The van der Waals surface area contributed by atoms with Crippen LogP contribution in [0.1, 0.15) is 28.8 Å². The second-order valence-electron chi connectivity index (χ2n) is 6.94. The molecule has 2 aromatic heterocycles. The van der Waals surface area contributed by atoms with Crippen molar-refractivity contribution in [2.75, 3.05) is 11.9 Å². The van der Waals surface area contributed by atoms with Gasteiger partial charge in [0.1, 0.15) is 5.52 Å². The smallest absolute Gasteiger partial charge is 0.340 e. The van der Waals surface area contributed by atoms with Gasteiger partial charge in [0, 0.05) is 27.9 Å². The van der Waals surface area contributed by atoms with E-state index in [0.29, 0.717) is 34.8 Å². The average Bonchev–Trinajstić information content (AvgIpc) is 3.42. The lowest BCUT2D eigenvalue weighted by Gasteiger charge is -2.12. The number of ether oxygens (including phenoxy) is 1. The number of pyridine rings is 1. The molecule has 0 spiro atoms. The Morgan fingerprint density at radius 1 is 1.39 bits per heavy atom. The lowest BCUT2D eigenvalue weighted by molar-refractivity contribution is 0.0488. The summed E-state index contributed by atoms with van der Waals surface area (Å²) < 4.78 is 7.63. The standard InChI is InChI=1S/C20H19BrN4O3/c1-11-9-25(20(22)27)17-16(11)15(19(26)28-10-12-5-6-12)8-23-18(17)24-14-4-2-3-13(21)7-14/h2-4,7-9,12H,5-6,10H2,1H3,(H2,22,27)(H,23,24). The molecule has 0 unspecified atom stereocenters. The highest BCUT2D eigenvalue weighted by Gasteiger charge is 2.26. The van der Waals surface area contributed by atoms with Crippen molar-refractivity contribution in [3.8, 4) is 0 Å². The number of nitrogens with two attached hydrogens (primary N) is 1. The number of hydrogen-bond acceptors (Lipinski definition) is 5. The number of rotatable bonds is 5. The van der Waals surface area contributed by atoms with E-state index < -0.39 is 12.0 Å². The number of carbonyl (C=O) groups is 2. The number of fused-ring (bicyclic) bond motifs is 1. The van der Waals surface area contributed by atoms with Crippen LogP contribution in [0.15, 0.2) is 41.1 Å². The minimum atomic E-state index is -0.652. The molecule has 1 fully saturated rings. The Labute approximate surface area is 170 Å². The largest absolute Gasteiger partial charge is 0.462 e. The summed E-state index contributed by atoms with van der Waals surface area (Å²) in [4.78, 5) is 29.0. The molecule has 0 saturated heterocycles. The maximum atomic E-state index is 12.6. The van der Waals surface area contributed by atoms with Gasteiger partial charge < -0.3 is 15.8 Å². The predicted molar refractivity (Wildman–Crippen MR) is 110 cm³/mol. The third kappa shape index (κ3) is 3.60. The number of nitrogens with zero attached hydrogens (tertiary/aromatic N) is 2. The maximum Gasteiger partial charge on any atom is 0.340 e. The number of carbonyl (C=O) groups excluding carboxylic acids is 2. The van der Waals surface area contributed by atoms with Gasteiger partial charge in [-0.05, 0) is 49.4 Å². The molecule has 8 heteroatoms. The molecule has 1 saturated carbocycles. The highest BCUT2D eigenvalue weighted by molar-refractivity contribution is 9.10. The van der Waals surface area contributed by atoms with Crippen molar-refractivity contribution >= 4 is 50.3 Å². The number of amides is 1. The fourth-order valence-electron chi connectivity index (χ4n) is 3.14. The molecule has 4 rings (SSSR count). The Balaban J connectivity index is 1.80. The third-order valence-electron chi connectivity index (χ3n) is 4.70. The van der Waals surface area contributed by atoms with Crippen molar-refractivity contribution in [1.29, 1.82) is 0 Å². The molecule has 2 heterocycles. The molecule has 1 aliphatic carbocycles. The molecule has 3 aromatic rings. The number of esters is 1. The molecule has 3 N–H and O–H groups in total. The molecule has 0 bridgehead atoms. The molecule has 0 aliphatic heterocycles. The van der Waals surface area contributed by atoms with E-state index in [0.717, 1.165) is 28.6 Å². The molecule has 0 atom stereocenters. The second kappa shape index (κ2) is 7.27. The fourth-order valence-corrected chi connectivity index (χ4v) is 3.54. The van der Waals surface area contributed by atoms with Gasteiger partial charge in [0.25, 0.3) is 0 Å². The van der Waals surface area contributed by atoms with Gasteiger partial charge in [-0.1, -0.05) is 22.0 Å². The summed E-state index contributed by atoms with van der Waals surface area (Å²) in [6, 6.07) is 6.89. The number of halogens is 1. The lowest BCUT2D eigenvalue weighted by atomic mass is 10.1. The zero-order chi connectivity index (χ0) is 19.8. The Kier molecular flexibility index (Phi) is 4.80. The van der Waals surface area contributed by atoms with E-state index in [9.17, 15) is 9.59 Å². The molecular weight excluding hydrogens is 424 g/mol. The Bertz CT molecular complexity index is 1090. The first-order chi connectivity index (χ1) is 13.4. The van der Waals surface area contributed by atoms with Gasteiger partial charge in [-0.3, -0.25) is 4.57 Å². The van der Waals surface area contributed by atoms with Crippen LogP contribution in [0.5, 0.6) is 0 Å². The number of benzene rings is 1. The minimum absolute atomic E-state index is 0.327. The van der Waals surface area contributed by atoms with Crippen molar-refractivity contribution in [2.24, 2.45) is 11.7 Å². The average molecular weight is 443 g/mol. The summed E-state index contributed by atoms with van der Waals surface area (Å²) in [6.07, 6.45) is 5.27. The van der Waals surface area contributed by atoms with Crippen LogP contribution in [0, 0.1) is 12.8 Å². The monoisotopic (exact) mass is 442 g/mol. The number of aryl methyl sites for hydroxylation is 1. The number of primary amides is 1. The van der Waals surface area contributed by atoms with Crippen molar-refractivity contribution in [3.63, 3.8) is 0 Å². The van der Waals surface area contributed by atoms with Crippen molar-refractivity contribution < 1.29 is 14.3 Å². The zero-order valence-electron chi connectivity index (χ0n) is 15.2. The highest BCUT2D eigenvalue weighted by atomic mass is 79.9. The molecule has 1 amide bonds. The predicted octanol–water partition coefficient (Wildman–Crippen LogP) is 4.34. The maximum absolute atomic E-state index is 12.6. The van der Waals surface area contributed by atoms with Crippen LogP contribution in [0.25, 0.3) is 10.9 Å². The normalized spacial score (nSPS) is 13.5. The van der Waals surface area contributed by atoms with Crippen molar-refractivity contribution in [2.45, 2.75) is 19.8 Å². The van der Waals surface area contributed by atoms with Crippen LogP contribution in [0.3, 0.4) is 0 Å². The number of anilines is 2. The Morgan fingerprint density at radius 3 is 2.86 bits per heavy atom. The van der Waals surface area contributed by atoms with E-state index in [1.165, 1.54) is 10.8 Å². The molecule has 1 aliphatic rings. The van der Waals surface area contributed by atoms with Gasteiger partial charge in [-0.25, -0.2) is 14.6 Å². The van der Waals surface area contributed by atoms with Crippen LogP contribution in [-0.4, -0.2) is 28.2 Å². The summed E-state index contributed by atoms with van der Waals surface area (Å²) in [5.41, 5.74) is 7.86. The van der Waals surface area contributed by atoms with E-state index in [1.807, 2.05) is 31.2 Å². The van der Waals surface area contributed by atoms with Crippen LogP contribution in [-0.2, 0) is 4.74 Å². The van der Waals surface area contributed by atoms with Crippen LogP contribution in [0.4, 0.5) is 16.3 Å². The molecule has 1 aromatic carbocycles. The second-order valence-corrected chi connectivity index (χ2v) is 7.86. The molecule has 0 radical (unpaired) electrons. The van der Waals surface area contributed by atoms with Gasteiger partial charge in [0.15, 0.2) is 5.82 Å². The summed E-state index contributed by atoms with van der Waals surface area (Å²) in [5.74, 6) is 0.448. The minimum Gasteiger partial charge on any atom is -0.462 e. The highest BCUT2D eigenvalue weighted by Crippen LogP contribution is 2.33. The Morgan fingerprint density at radius 2 is 2.18 bits per heavy atom. The van der Waals surface area contributed by atoms with E-state index in [-0.39, 0.29) is 0 Å². The van der Waals surface area contributed by atoms with Crippen LogP contribution in [0.2, 0.25) is 0 Å². The fraction of sp³-hybridized carbons (Fsp3) is 0.250. The summed E-state index contributed by atoms with van der Waals surface area (Å²) in [6.45, 7) is 2.23. The lowest BCUT2D eigenvalue weighted by Crippen LogP contribution is -2.19. The molecule has 7 nitrogen and oxygen atoms in total. The molecule has 28 heavy (non-hydrogen) atoms. The molecular formula is C20H19BrN4O3. The van der Waals surface area contributed by atoms with E-state index in [1.54, 1.807) is 6.20 Å². The first-order valence-corrected chi connectivity index (χ1v) is 9.73. The number of hydrogen-bond donors (Lipinski definition) is 2. The van der Waals surface area contributed by atoms with Crippen LogP contribution >= 0.6 is 15.9 Å². The first kappa shape index (κ1) is 18.5. The van der Waals surface area contributed by atoms with E-state index >= 15 is 0 Å². The number of nitrogens with one attached hydrogen (secondary N) is 1. The van der Waals surface area contributed by atoms with E-state index in [2.05, 4.69) is 26.2 Å². The van der Waals surface area contributed by atoms with Crippen molar-refractivity contribution in [3.05, 3.63) is 52.3 Å². The van der Waals surface area contributed by atoms with Gasteiger partial charge >= 0.3 is 12.0 Å². The quantitative estimate of drug-likeness (QED) is 0.572. The van der Waals surface area contributed by atoms with Gasteiger partial charge in [0.05, 0.1) is 12.2 Å². The van der Waals surface area contributed by atoms with Crippen LogP contribution < -0.4 is 11.1 Å². The van der Waals surface area contributed by atoms with Gasteiger partial charge in [-0.2, -0.15) is 0 Å². The SMILES string of the molecule is Cc1cn(C(N)=O)c2c(Nc3cccc(Br)c3)ncc(C(=O)OCC3CC3)c12. The summed E-state index contributed by atoms with van der Waals surface area (Å²) in [5, 5.41) is 3.80. The zero-order valence-corrected chi connectivity index (χ0v) is 16.8. The summed E-state index contributed by atoms with van der Waals surface area (Å²) >= 11 is 3.43. The van der Waals surface area contributed by atoms with Crippen molar-refractivity contribution in [1.82, 2.24) is 9.55 Å². The first-order valence-electron chi connectivity index (χ1n) is 8.94. The van der Waals surface area contributed by atoms with Gasteiger partial charge in [-0.15, -0.1) is 0 Å². The molecule has 144 valence electrons. The Hall–Kier alpha value is -2.87. The summed E-state index contributed by atoms with van der Waals surface area (Å²) in [7, 11) is 0. The van der Waals surface area contributed by atoms with Gasteiger partial charge in [0.2, 0.25) is 0 Å². The number of aromatic nitrogens is 2. The van der Waals surface area contributed by atoms with E-state index in [4.69, 9.17) is 10.5 Å².